The van der Waals surface area contributed by atoms with Gasteiger partial charge in [-0.25, -0.2) is 4.99 Å². The monoisotopic (exact) mass is 437 g/mol. The quantitative estimate of drug-likeness (QED) is 0.516. The van der Waals surface area contributed by atoms with Gasteiger partial charge >= 0.3 is 0 Å². The number of hydrogen-bond acceptors (Lipinski definition) is 7. The third-order valence-corrected chi connectivity index (χ3v) is 7.29. The molecule has 30 heavy (non-hydrogen) atoms. The number of rotatable bonds is 3. The molecule has 0 aromatic heterocycles. The Morgan fingerprint density at radius 3 is 2.73 bits per heavy atom. The first-order valence-corrected chi connectivity index (χ1v) is 11.1. The Balaban J connectivity index is 1.51. The van der Waals surface area contributed by atoms with Crippen LogP contribution in [0, 0.1) is 0 Å². The first kappa shape index (κ1) is 19.1. The van der Waals surface area contributed by atoms with Gasteiger partial charge in [0, 0.05) is 24.6 Å². The van der Waals surface area contributed by atoms with Crippen LogP contribution in [0.25, 0.3) is 0 Å². The molecule has 0 atom stereocenters. The Morgan fingerprint density at radius 1 is 1.13 bits per heavy atom. The van der Waals surface area contributed by atoms with Crippen LogP contribution in [0.4, 0.5) is 11.4 Å². The van der Waals surface area contributed by atoms with E-state index in [4.69, 9.17) is 14.5 Å². The van der Waals surface area contributed by atoms with Gasteiger partial charge in [0.2, 0.25) is 0 Å². The second kappa shape index (κ2) is 7.77. The molecule has 1 amide bonds. The Hall–Kier alpha value is -2.84. The fourth-order valence-corrected chi connectivity index (χ4v) is 5.77. The molecule has 1 saturated heterocycles. The van der Waals surface area contributed by atoms with Crippen molar-refractivity contribution in [2.24, 2.45) is 4.99 Å². The number of carbonyl (C=O) groups excluding carboxylic acids is 1. The molecule has 2 aromatic carbocycles. The lowest BCUT2D eigenvalue weighted by atomic mass is 10.2. The number of para-hydroxylation sites is 1. The van der Waals surface area contributed by atoms with E-state index in [-0.39, 0.29) is 5.91 Å². The van der Waals surface area contributed by atoms with Gasteiger partial charge in [-0.05, 0) is 36.0 Å². The summed E-state index contributed by atoms with van der Waals surface area (Å²) in [7, 11) is 1.99. The molecule has 6 nitrogen and oxygen atoms in total. The molecule has 1 fully saturated rings. The fraction of sp³-hybridized carbons (Fsp3) is 0.182. The van der Waals surface area contributed by atoms with Crippen molar-refractivity contribution in [2.75, 3.05) is 31.7 Å². The van der Waals surface area contributed by atoms with E-state index in [1.54, 1.807) is 22.7 Å². The summed E-state index contributed by atoms with van der Waals surface area (Å²) in [6, 6.07) is 13.7. The summed E-state index contributed by atoms with van der Waals surface area (Å²) in [6.07, 6.45) is 1.71. The van der Waals surface area contributed by atoms with E-state index in [9.17, 15) is 4.79 Å². The number of amides is 1. The van der Waals surface area contributed by atoms with Crippen LogP contribution in [0.3, 0.4) is 0 Å². The molecule has 8 heteroatoms. The minimum Gasteiger partial charge on any atom is -0.486 e. The molecule has 3 heterocycles. The van der Waals surface area contributed by atoms with Crippen molar-refractivity contribution in [2.45, 2.75) is 4.90 Å². The fourth-order valence-electron chi connectivity index (χ4n) is 3.42. The summed E-state index contributed by atoms with van der Waals surface area (Å²) in [6.45, 7) is 5.26. The number of fused-ring (bicyclic) bond motifs is 2. The number of aliphatic imine (C=N–C) groups is 1. The van der Waals surface area contributed by atoms with Crippen LogP contribution in [0.5, 0.6) is 11.5 Å². The lowest BCUT2D eigenvalue weighted by molar-refractivity contribution is -0.121. The number of hydrogen-bond donors (Lipinski definition) is 0. The van der Waals surface area contributed by atoms with Crippen LogP contribution < -0.4 is 14.4 Å². The highest BCUT2D eigenvalue weighted by Gasteiger charge is 2.38. The number of anilines is 1. The van der Waals surface area contributed by atoms with Crippen molar-refractivity contribution < 1.29 is 14.3 Å². The van der Waals surface area contributed by atoms with Crippen molar-refractivity contribution in [3.63, 3.8) is 0 Å². The van der Waals surface area contributed by atoms with Crippen molar-refractivity contribution >= 4 is 46.0 Å². The summed E-state index contributed by atoms with van der Waals surface area (Å²) in [5.74, 6) is 1.33. The Bertz CT molecular complexity index is 1110. The summed E-state index contributed by atoms with van der Waals surface area (Å²) < 4.78 is 11.2. The zero-order chi connectivity index (χ0) is 20.7. The molecule has 0 N–H and O–H groups in total. The van der Waals surface area contributed by atoms with Crippen molar-refractivity contribution in [1.82, 2.24) is 4.90 Å². The molecule has 0 bridgehead atoms. The highest BCUT2D eigenvalue weighted by atomic mass is 32.2. The molecular weight excluding hydrogens is 418 g/mol. The van der Waals surface area contributed by atoms with Gasteiger partial charge in [0.15, 0.2) is 16.7 Å². The van der Waals surface area contributed by atoms with E-state index in [1.807, 2.05) is 37.4 Å². The van der Waals surface area contributed by atoms with Crippen LogP contribution >= 0.6 is 23.5 Å². The molecule has 0 aliphatic carbocycles. The highest BCUT2D eigenvalue weighted by molar-refractivity contribution is 8.19. The Labute approximate surface area is 183 Å². The molecular formula is C22H19N3O3S2. The van der Waals surface area contributed by atoms with Gasteiger partial charge in [0.05, 0.1) is 16.4 Å². The van der Waals surface area contributed by atoms with E-state index in [0.717, 1.165) is 15.6 Å². The topological polar surface area (TPSA) is 54.4 Å². The lowest BCUT2D eigenvalue weighted by Gasteiger charge is -2.18. The van der Waals surface area contributed by atoms with E-state index in [0.29, 0.717) is 47.0 Å². The second-order valence-electron chi connectivity index (χ2n) is 6.79. The first-order chi connectivity index (χ1) is 14.7. The third kappa shape index (κ3) is 3.26. The number of carbonyl (C=O) groups is 1. The van der Waals surface area contributed by atoms with Gasteiger partial charge in [-0.2, -0.15) is 0 Å². The third-order valence-electron chi connectivity index (χ3n) is 4.86. The summed E-state index contributed by atoms with van der Waals surface area (Å²) in [4.78, 5) is 23.5. The lowest BCUT2D eigenvalue weighted by Crippen LogP contribution is -2.29. The van der Waals surface area contributed by atoms with Gasteiger partial charge in [0.25, 0.3) is 5.91 Å². The number of benzene rings is 2. The molecule has 152 valence electrons. The molecule has 3 aliphatic heterocycles. The normalized spacial score (nSPS) is 21.4. The number of thioether (sulfide) groups is 2. The zero-order valence-electron chi connectivity index (χ0n) is 16.3. The molecule has 0 spiro atoms. The average molecular weight is 438 g/mol. The largest absolute Gasteiger partial charge is 0.486 e. The minimum absolute atomic E-state index is 0.0571. The number of amidine groups is 1. The Morgan fingerprint density at radius 2 is 1.93 bits per heavy atom. The van der Waals surface area contributed by atoms with Crippen LogP contribution in [0.2, 0.25) is 0 Å². The van der Waals surface area contributed by atoms with Crippen molar-refractivity contribution in [3.8, 4) is 11.5 Å². The molecule has 5 rings (SSSR count). The molecule has 0 radical (unpaired) electrons. The van der Waals surface area contributed by atoms with Gasteiger partial charge in [-0.15, -0.1) is 6.58 Å². The maximum Gasteiger partial charge on any atom is 0.269 e. The average Bonchev–Trinajstić information content (AvgIpc) is 3.26. The smallest absolute Gasteiger partial charge is 0.269 e. The van der Waals surface area contributed by atoms with Crippen molar-refractivity contribution in [1.29, 1.82) is 0 Å². The molecule has 0 unspecified atom stereocenters. The maximum atomic E-state index is 13.2. The van der Waals surface area contributed by atoms with E-state index >= 15 is 0 Å². The molecule has 3 aliphatic rings. The predicted molar refractivity (Wildman–Crippen MR) is 122 cm³/mol. The molecule has 0 saturated carbocycles. The number of ether oxygens (including phenoxy) is 2. The van der Waals surface area contributed by atoms with E-state index < -0.39 is 0 Å². The van der Waals surface area contributed by atoms with Gasteiger partial charge in [-0.3, -0.25) is 9.69 Å². The summed E-state index contributed by atoms with van der Waals surface area (Å²) >= 11 is 3.01. The predicted octanol–water partition coefficient (Wildman–Crippen LogP) is 4.62. The zero-order valence-corrected chi connectivity index (χ0v) is 18.0. The Kier molecular flexibility index (Phi) is 4.96. The summed E-state index contributed by atoms with van der Waals surface area (Å²) in [5.41, 5.74) is 1.82. The standard InChI is InChI=1S/C22H19N3O3S2/c1-3-10-25-20(26)19(21-24(2)15-6-4-5-7-18(15)29-21)30-22(25)23-14-8-9-16-17(13-14)28-12-11-27-16/h3-9,13H,1,10-12H2,2H3. The van der Waals surface area contributed by atoms with Crippen LogP contribution in [-0.4, -0.2) is 42.8 Å². The van der Waals surface area contributed by atoms with Crippen LogP contribution in [0.15, 0.2) is 74.9 Å². The van der Waals surface area contributed by atoms with Crippen LogP contribution in [0.1, 0.15) is 0 Å². The maximum absolute atomic E-state index is 13.2. The SMILES string of the molecule is C=CCN1C(=O)C(=C2Sc3ccccc3N2C)SC1=Nc1ccc2c(c1)OCCO2. The van der Waals surface area contributed by atoms with Gasteiger partial charge in [0.1, 0.15) is 18.1 Å². The van der Waals surface area contributed by atoms with Crippen molar-refractivity contribution in [3.05, 3.63) is 65.1 Å². The van der Waals surface area contributed by atoms with E-state index in [2.05, 4.69) is 23.6 Å². The minimum atomic E-state index is -0.0571. The van der Waals surface area contributed by atoms with Crippen LogP contribution in [-0.2, 0) is 4.79 Å². The first-order valence-electron chi connectivity index (χ1n) is 9.49. The number of nitrogens with zero attached hydrogens (tertiary/aromatic N) is 3. The van der Waals surface area contributed by atoms with Gasteiger partial charge < -0.3 is 14.4 Å². The second-order valence-corrected chi connectivity index (χ2v) is 8.80. The van der Waals surface area contributed by atoms with E-state index in [1.165, 1.54) is 11.8 Å². The molecule has 2 aromatic rings. The van der Waals surface area contributed by atoms with Gasteiger partial charge in [-0.1, -0.05) is 30.0 Å². The highest BCUT2D eigenvalue weighted by Crippen LogP contribution is 2.50. The summed E-state index contributed by atoms with van der Waals surface area (Å²) in [5, 5.41) is 1.55.